The van der Waals surface area contributed by atoms with Crippen molar-refractivity contribution in [1.82, 2.24) is 4.31 Å². The number of carbonyl (C=O) groups is 1. The van der Waals surface area contributed by atoms with Crippen molar-refractivity contribution in [3.63, 3.8) is 0 Å². The van der Waals surface area contributed by atoms with Crippen molar-refractivity contribution in [2.24, 2.45) is 0 Å². The summed E-state index contributed by atoms with van der Waals surface area (Å²) in [5.41, 5.74) is 0.258. The van der Waals surface area contributed by atoms with Crippen molar-refractivity contribution in [1.29, 1.82) is 0 Å². The Kier molecular flexibility index (Phi) is 2.49. The van der Waals surface area contributed by atoms with Crippen LogP contribution in [0.4, 0.5) is 0 Å². The Labute approximate surface area is 109 Å². The first-order valence-corrected chi connectivity index (χ1v) is 7.61. The van der Waals surface area contributed by atoms with E-state index < -0.39 is 15.9 Å². The molecular weight excluding hydrogens is 270 g/mol. The highest BCUT2D eigenvalue weighted by Gasteiger charge is 2.40. The lowest BCUT2D eigenvalue weighted by molar-refractivity contribution is 0.0866. The minimum Gasteiger partial charge on any atom is -0.268 e. The fourth-order valence-corrected chi connectivity index (χ4v) is 4.25. The van der Waals surface area contributed by atoms with Crippen LogP contribution in [0.3, 0.4) is 0 Å². The van der Waals surface area contributed by atoms with Gasteiger partial charge in [-0.3, -0.25) is 4.79 Å². The van der Waals surface area contributed by atoms with Crippen LogP contribution in [0.15, 0.2) is 46.7 Å². The van der Waals surface area contributed by atoms with Gasteiger partial charge in [0.05, 0.1) is 12.1 Å². The summed E-state index contributed by atoms with van der Waals surface area (Å²) in [6.45, 7) is 0.105. The number of carbonyl (C=O) groups excluding carboxylic acids is 1. The first kappa shape index (κ1) is 11.4. The van der Waals surface area contributed by atoms with Gasteiger partial charge < -0.3 is 0 Å². The first-order chi connectivity index (χ1) is 8.60. The summed E-state index contributed by atoms with van der Waals surface area (Å²) in [4.78, 5) is 13.0. The Morgan fingerprint density at radius 2 is 1.89 bits per heavy atom. The molecule has 0 fully saturated rings. The van der Waals surface area contributed by atoms with E-state index in [0.29, 0.717) is 0 Å². The third-order valence-corrected chi connectivity index (χ3v) is 5.44. The molecule has 0 saturated heterocycles. The Morgan fingerprint density at radius 3 is 2.56 bits per heavy atom. The molecule has 0 unspecified atom stereocenters. The second-order valence-corrected chi connectivity index (χ2v) is 6.76. The molecule has 4 nitrogen and oxygen atoms in total. The number of fused-ring (bicyclic) bond motifs is 1. The molecule has 0 saturated carbocycles. The number of sulfonamides is 1. The maximum absolute atomic E-state index is 12.2. The molecule has 92 valence electrons. The summed E-state index contributed by atoms with van der Waals surface area (Å²) in [6.07, 6.45) is 0. The molecule has 1 aromatic heterocycles. The van der Waals surface area contributed by atoms with Crippen molar-refractivity contribution in [3.8, 4) is 0 Å². The summed E-state index contributed by atoms with van der Waals surface area (Å²) in [5.74, 6) is -0.445. The van der Waals surface area contributed by atoms with Gasteiger partial charge in [0.2, 0.25) is 0 Å². The van der Waals surface area contributed by atoms with E-state index in [4.69, 9.17) is 0 Å². The zero-order chi connectivity index (χ0) is 12.8. The minimum absolute atomic E-state index is 0.103. The molecule has 6 heteroatoms. The average molecular weight is 279 g/mol. The largest absolute Gasteiger partial charge is 0.269 e. The van der Waals surface area contributed by atoms with Crippen LogP contribution in [0.2, 0.25) is 0 Å². The number of thiophene rings is 1. The van der Waals surface area contributed by atoms with Crippen molar-refractivity contribution in [2.45, 2.75) is 11.4 Å². The van der Waals surface area contributed by atoms with Gasteiger partial charge in [-0.25, -0.2) is 12.7 Å². The number of hydrogen-bond donors (Lipinski definition) is 0. The van der Waals surface area contributed by atoms with Gasteiger partial charge in [-0.15, -0.1) is 11.3 Å². The van der Waals surface area contributed by atoms with E-state index in [-0.39, 0.29) is 17.0 Å². The van der Waals surface area contributed by atoms with Crippen LogP contribution in [0, 0.1) is 0 Å². The van der Waals surface area contributed by atoms with E-state index in [1.807, 2.05) is 17.5 Å². The zero-order valence-electron chi connectivity index (χ0n) is 9.24. The molecule has 0 spiro atoms. The Hall–Kier alpha value is -1.66. The van der Waals surface area contributed by atoms with E-state index >= 15 is 0 Å². The summed E-state index contributed by atoms with van der Waals surface area (Å²) in [6, 6.07) is 9.95. The molecule has 0 bridgehead atoms. The molecule has 1 aliphatic heterocycles. The maximum Gasteiger partial charge on any atom is 0.269 e. The van der Waals surface area contributed by atoms with E-state index in [2.05, 4.69) is 0 Å². The third-order valence-electron chi connectivity index (χ3n) is 2.79. The molecule has 2 heterocycles. The number of benzene rings is 1. The molecular formula is C12H9NO3S2. The van der Waals surface area contributed by atoms with E-state index in [9.17, 15) is 13.2 Å². The molecule has 18 heavy (non-hydrogen) atoms. The highest BCUT2D eigenvalue weighted by atomic mass is 32.2. The highest BCUT2D eigenvalue weighted by molar-refractivity contribution is 7.90. The quantitative estimate of drug-likeness (QED) is 0.846. The number of hydrogen-bond acceptors (Lipinski definition) is 4. The zero-order valence-corrected chi connectivity index (χ0v) is 10.9. The summed E-state index contributed by atoms with van der Waals surface area (Å²) in [7, 11) is -3.68. The minimum atomic E-state index is -3.68. The van der Waals surface area contributed by atoms with E-state index in [1.165, 1.54) is 17.4 Å². The molecule has 0 radical (unpaired) electrons. The second kappa shape index (κ2) is 3.93. The van der Waals surface area contributed by atoms with Crippen LogP contribution in [0.1, 0.15) is 15.2 Å². The smallest absolute Gasteiger partial charge is 0.268 e. The SMILES string of the molecule is O=C1c2ccccc2S(=O)(=O)N1Cc1cccs1. The predicted molar refractivity (Wildman–Crippen MR) is 67.8 cm³/mol. The van der Waals surface area contributed by atoms with Crippen molar-refractivity contribution in [2.75, 3.05) is 0 Å². The Bertz CT molecular complexity index is 705. The number of rotatable bonds is 2. The van der Waals surface area contributed by atoms with Crippen LogP contribution >= 0.6 is 11.3 Å². The van der Waals surface area contributed by atoms with Crippen LogP contribution < -0.4 is 0 Å². The average Bonchev–Trinajstić information content (AvgIpc) is 2.93. The van der Waals surface area contributed by atoms with E-state index in [0.717, 1.165) is 9.18 Å². The van der Waals surface area contributed by atoms with Crippen molar-refractivity contribution in [3.05, 3.63) is 52.2 Å². The molecule has 0 atom stereocenters. The molecule has 0 N–H and O–H groups in total. The predicted octanol–water partition coefficient (Wildman–Crippen LogP) is 2.09. The highest BCUT2D eigenvalue weighted by Crippen LogP contribution is 2.31. The third kappa shape index (κ3) is 1.57. The van der Waals surface area contributed by atoms with Crippen LogP contribution in [-0.2, 0) is 16.6 Å². The molecule has 3 rings (SSSR count). The second-order valence-electron chi connectivity index (χ2n) is 3.89. The first-order valence-electron chi connectivity index (χ1n) is 5.29. The van der Waals surface area contributed by atoms with Crippen LogP contribution in [0.25, 0.3) is 0 Å². The van der Waals surface area contributed by atoms with Crippen molar-refractivity contribution < 1.29 is 13.2 Å². The van der Waals surface area contributed by atoms with Gasteiger partial charge in [0, 0.05) is 4.88 Å². The Morgan fingerprint density at radius 1 is 1.11 bits per heavy atom. The lowest BCUT2D eigenvalue weighted by atomic mass is 10.2. The topological polar surface area (TPSA) is 54.5 Å². The van der Waals surface area contributed by atoms with Gasteiger partial charge >= 0.3 is 0 Å². The lowest BCUT2D eigenvalue weighted by Crippen LogP contribution is -2.29. The van der Waals surface area contributed by atoms with Crippen molar-refractivity contribution >= 4 is 27.3 Å². The lowest BCUT2D eigenvalue weighted by Gasteiger charge is -2.13. The Balaban J connectivity index is 2.07. The monoisotopic (exact) mass is 279 g/mol. The summed E-state index contributed by atoms with van der Waals surface area (Å²) >= 11 is 1.43. The van der Waals surface area contributed by atoms with Gasteiger partial charge in [0.25, 0.3) is 15.9 Å². The summed E-state index contributed by atoms with van der Waals surface area (Å²) in [5, 5.41) is 1.86. The van der Waals surface area contributed by atoms with Crippen LogP contribution in [0.5, 0.6) is 0 Å². The molecule has 1 aliphatic rings. The van der Waals surface area contributed by atoms with Gasteiger partial charge in [-0.05, 0) is 23.6 Å². The van der Waals surface area contributed by atoms with Crippen LogP contribution in [-0.4, -0.2) is 18.6 Å². The van der Waals surface area contributed by atoms with Gasteiger partial charge in [0.1, 0.15) is 4.90 Å². The fraction of sp³-hybridized carbons (Fsp3) is 0.0833. The molecule has 1 amide bonds. The number of amides is 1. The van der Waals surface area contributed by atoms with Gasteiger partial charge in [-0.1, -0.05) is 18.2 Å². The molecule has 0 aliphatic carbocycles. The summed E-state index contributed by atoms with van der Waals surface area (Å²) < 4.78 is 25.4. The molecule has 2 aromatic rings. The molecule has 1 aromatic carbocycles. The van der Waals surface area contributed by atoms with Gasteiger partial charge in [-0.2, -0.15) is 0 Å². The standard InChI is InChI=1S/C12H9NO3S2/c14-12-10-5-1-2-6-11(10)18(15,16)13(12)8-9-4-3-7-17-9/h1-7H,8H2. The maximum atomic E-state index is 12.2. The normalized spacial score (nSPS) is 16.9. The van der Waals surface area contributed by atoms with Gasteiger partial charge in [0.15, 0.2) is 0 Å². The number of nitrogens with zero attached hydrogens (tertiary/aromatic N) is 1. The fourth-order valence-electron chi connectivity index (χ4n) is 1.93. The van der Waals surface area contributed by atoms with E-state index in [1.54, 1.807) is 18.2 Å².